The van der Waals surface area contributed by atoms with Gasteiger partial charge in [-0.15, -0.1) is 0 Å². The number of carbonyl (C=O) groups excluding carboxylic acids is 2. The van der Waals surface area contributed by atoms with Gasteiger partial charge in [-0.3, -0.25) is 20.3 Å². The maximum absolute atomic E-state index is 13.0. The molecule has 0 saturated carbocycles. The lowest BCUT2D eigenvalue weighted by Gasteiger charge is -2.30. The summed E-state index contributed by atoms with van der Waals surface area (Å²) in [6, 6.07) is 12.9. The monoisotopic (exact) mass is 467 g/mol. The first-order valence-electron chi connectivity index (χ1n) is 11.3. The van der Waals surface area contributed by atoms with E-state index in [4.69, 9.17) is 15.2 Å². The maximum Gasteiger partial charge on any atom is 0.306 e. The molecule has 0 spiro atoms. The van der Waals surface area contributed by atoms with Crippen LogP contribution in [0.2, 0.25) is 0 Å². The summed E-state index contributed by atoms with van der Waals surface area (Å²) in [6.45, 7) is 4.05. The average Bonchev–Trinajstić information content (AvgIpc) is 2.83. The van der Waals surface area contributed by atoms with E-state index in [-0.39, 0.29) is 24.1 Å². The number of thioether (sulfide) groups is 1. The van der Waals surface area contributed by atoms with Crippen LogP contribution < -0.4 is 10.5 Å². The van der Waals surface area contributed by atoms with E-state index in [2.05, 4.69) is 10.1 Å². The van der Waals surface area contributed by atoms with Crippen molar-refractivity contribution in [2.45, 2.75) is 26.0 Å². The molecular formula is C25H29N3O4S. The molecule has 0 amide bonds. The number of benzene rings is 2. The summed E-state index contributed by atoms with van der Waals surface area (Å²) in [6.07, 6.45) is 2.03. The van der Waals surface area contributed by atoms with E-state index in [1.807, 2.05) is 48.3 Å². The van der Waals surface area contributed by atoms with Crippen molar-refractivity contribution in [3.63, 3.8) is 0 Å². The minimum Gasteiger partial charge on any atom is -0.475 e. The molecule has 2 unspecified atom stereocenters. The number of rotatable bonds is 7. The zero-order valence-corrected chi connectivity index (χ0v) is 19.6. The largest absolute Gasteiger partial charge is 0.475 e. The third-order valence-corrected chi connectivity index (χ3v) is 6.75. The van der Waals surface area contributed by atoms with Gasteiger partial charge in [0.25, 0.3) is 0 Å². The van der Waals surface area contributed by atoms with Crippen molar-refractivity contribution in [2.24, 2.45) is 16.8 Å². The van der Waals surface area contributed by atoms with E-state index < -0.39 is 6.23 Å². The van der Waals surface area contributed by atoms with E-state index in [0.717, 1.165) is 35.7 Å². The highest BCUT2D eigenvalue weighted by molar-refractivity contribution is 7.99. The molecule has 0 radical (unpaired) electrons. The van der Waals surface area contributed by atoms with E-state index >= 15 is 0 Å². The number of ketones is 1. The van der Waals surface area contributed by atoms with Crippen LogP contribution in [0.1, 0.15) is 40.4 Å². The Morgan fingerprint density at radius 3 is 2.64 bits per heavy atom. The van der Waals surface area contributed by atoms with Crippen LogP contribution in [-0.2, 0) is 16.0 Å². The van der Waals surface area contributed by atoms with Crippen LogP contribution >= 0.6 is 11.8 Å². The van der Waals surface area contributed by atoms with Gasteiger partial charge in [0.1, 0.15) is 5.75 Å². The van der Waals surface area contributed by atoms with E-state index in [0.29, 0.717) is 29.9 Å². The number of hydrazone groups is 1. The Balaban J connectivity index is 1.41. The fraction of sp³-hybridized carbons (Fsp3) is 0.400. The number of hydrogen-bond acceptors (Lipinski definition) is 8. The number of hydrogen-bond donors (Lipinski definition) is 1. The number of esters is 1. The van der Waals surface area contributed by atoms with Gasteiger partial charge in [-0.1, -0.05) is 36.4 Å². The molecule has 8 heteroatoms. The van der Waals surface area contributed by atoms with Crippen LogP contribution in [0.3, 0.4) is 0 Å². The van der Waals surface area contributed by atoms with Gasteiger partial charge in [-0.05, 0) is 30.5 Å². The summed E-state index contributed by atoms with van der Waals surface area (Å²) in [5.41, 5.74) is 9.17. The Morgan fingerprint density at radius 2 is 1.91 bits per heavy atom. The van der Waals surface area contributed by atoms with Gasteiger partial charge in [0, 0.05) is 41.6 Å². The number of carbonyl (C=O) groups is 2. The highest BCUT2D eigenvalue weighted by atomic mass is 32.2. The lowest BCUT2D eigenvalue weighted by Crippen LogP contribution is -2.41. The van der Waals surface area contributed by atoms with E-state index in [9.17, 15) is 9.59 Å². The smallest absolute Gasteiger partial charge is 0.306 e. The molecule has 0 aromatic heterocycles. The fourth-order valence-electron chi connectivity index (χ4n) is 3.94. The van der Waals surface area contributed by atoms with Gasteiger partial charge < -0.3 is 9.47 Å². The molecule has 7 nitrogen and oxygen atoms in total. The van der Waals surface area contributed by atoms with Crippen molar-refractivity contribution in [1.29, 1.82) is 0 Å². The van der Waals surface area contributed by atoms with Crippen molar-refractivity contribution in [3.8, 4) is 5.75 Å². The molecule has 1 saturated heterocycles. The first-order chi connectivity index (χ1) is 16.0. The number of nitrogens with zero attached hydrogens (tertiary/aromatic N) is 2. The van der Waals surface area contributed by atoms with Crippen LogP contribution in [0.4, 0.5) is 0 Å². The van der Waals surface area contributed by atoms with Crippen LogP contribution in [0, 0.1) is 5.92 Å². The second-order valence-electron chi connectivity index (χ2n) is 8.14. The van der Waals surface area contributed by atoms with Crippen molar-refractivity contribution >= 4 is 29.7 Å². The summed E-state index contributed by atoms with van der Waals surface area (Å²) in [5, 5.41) is 6.60. The Hall–Kier alpha value is -2.84. The molecule has 174 valence electrons. The molecule has 2 aliphatic rings. The zero-order chi connectivity index (χ0) is 23.2. The van der Waals surface area contributed by atoms with Crippen molar-refractivity contribution in [2.75, 3.05) is 31.2 Å². The molecular weight excluding hydrogens is 438 g/mol. The molecule has 1 fully saturated rings. The van der Waals surface area contributed by atoms with Gasteiger partial charge in [0.15, 0.2) is 12.0 Å². The lowest BCUT2D eigenvalue weighted by atomic mass is 9.90. The third kappa shape index (κ3) is 5.94. The first-order valence-corrected chi connectivity index (χ1v) is 12.4. The quantitative estimate of drug-likeness (QED) is 0.380. The average molecular weight is 468 g/mol. The van der Waals surface area contributed by atoms with Gasteiger partial charge in [-0.25, -0.2) is 0 Å². The van der Waals surface area contributed by atoms with Crippen LogP contribution in [0.15, 0.2) is 47.6 Å². The Labute approximate surface area is 198 Å². The van der Waals surface area contributed by atoms with Crippen molar-refractivity contribution in [1.82, 2.24) is 5.01 Å². The van der Waals surface area contributed by atoms with Gasteiger partial charge in [0.2, 0.25) is 0 Å². The SMILES string of the molecule is CCOC(=O)CC1Cc2ccc(C(=O)c3ccc(C=NN4CCSCC4)cc3)cc2OC1N. The van der Waals surface area contributed by atoms with Crippen molar-refractivity contribution < 1.29 is 19.1 Å². The summed E-state index contributed by atoms with van der Waals surface area (Å²) in [7, 11) is 0. The third-order valence-electron chi connectivity index (χ3n) is 5.80. The number of ether oxygens (including phenoxy) is 2. The molecule has 33 heavy (non-hydrogen) atoms. The topological polar surface area (TPSA) is 94.2 Å². The molecule has 2 aromatic carbocycles. The molecule has 2 heterocycles. The summed E-state index contributed by atoms with van der Waals surface area (Å²) >= 11 is 1.95. The van der Waals surface area contributed by atoms with Crippen molar-refractivity contribution in [3.05, 3.63) is 64.7 Å². The molecule has 2 N–H and O–H groups in total. The molecule has 2 aromatic rings. The predicted molar refractivity (Wildman–Crippen MR) is 130 cm³/mol. The predicted octanol–water partition coefficient (Wildman–Crippen LogP) is 3.09. The summed E-state index contributed by atoms with van der Waals surface area (Å²) < 4.78 is 10.9. The highest BCUT2D eigenvalue weighted by Crippen LogP contribution is 2.32. The van der Waals surface area contributed by atoms with Crippen LogP contribution in [0.5, 0.6) is 5.75 Å². The summed E-state index contributed by atoms with van der Waals surface area (Å²) in [4.78, 5) is 24.8. The molecule has 2 aliphatic heterocycles. The second-order valence-corrected chi connectivity index (χ2v) is 9.36. The standard InChI is InChI=1S/C25H29N3O4S/c1-2-31-23(29)15-21-13-19-7-8-20(14-22(19)32-25(21)26)24(30)18-5-3-17(4-6-18)16-27-28-9-11-33-12-10-28/h3-8,14,16,21,25H,2,9-13,15,26H2,1H3. The maximum atomic E-state index is 13.0. The number of fused-ring (bicyclic) bond motifs is 1. The lowest BCUT2D eigenvalue weighted by molar-refractivity contribution is -0.145. The van der Waals surface area contributed by atoms with Crippen LogP contribution in [0.25, 0.3) is 0 Å². The van der Waals surface area contributed by atoms with Crippen LogP contribution in [-0.4, -0.2) is 60.4 Å². The highest BCUT2D eigenvalue weighted by Gasteiger charge is 2.30. The van der Waals surface area contributed by atoms with Gasteiger partial charge in [0.05, 0.1) is 19.2 Å². The van der Waals surface area contributed by atoms with E-state index in [1.54, 1.807) is 19.1 Å². The first kappa shape index (κ1) is 23.3. The fourth-order valence-corrected chi connectivity index (χ4v) is 4.83. The normalized spacial score (nSPS) is 20.2. The zero-order valence-electron chi connectivity index (χ0n) is 18.7. The van der Waals surface area contributed by atoms with E-state index in [1.165, 1.54) is 0 Å². The number of nitrogens with two attached hydrogens (primary N) is 1. The van der Waals surface area contributed by atoms with Gasteiger partial charge in [-0.2, -0.15) is 16.9 Å². The minimum atomic E-state index is -0.621. The van der Waals surface area contributed by atoms with Gasteiger partial charge >= 0.3 is 5.97 Å². The minimum absolute atomic E-state index is 0.0832. The summed E-state index contributed by atoms with van der Waals surface area (Å²) in [5.74, 6) is 2.28. The molecule has 2 atom stereocenters. The molecule has 0 bridgehead atoms. The molecule has 0 aliphatic carbocycles. The second kappa shape index (κ2) is 10.9. The Morgan fingerprint density at radius 1 is 1.18 bits per heavy atom. The molecule has 4 rings (SSSR count). The Bertz CT molecular complexity index is 1020. The Kier molecular flexibility index (Phi) is 7.67.